The Hall–Kier alpha value is -1.82. The molecule has 1 aromatic carbocycles. The minimum absolute atomic E-state index is 0.274. The number of aromatic nitrogens is 3. The fourth-order valence-corrected chi connectivity index (χ4v) is 2.08. The highest BCUT2D eigenvalue weighted by atomic mass is 32.2. The van der Waals surface area contributed by atoms with Crippen LogP contribution in [0.2, 0.25) is 0 Å². The zero-order chi connectivity index (χ0) is 11.5. The molecule has 1 aromatic heterocycles. The Balaban J connectivity index is 2.35. The quantitative estimate of drug-likeness (QED) is 0.876. The second-order valence-electron chi connectivity index (χ2n) is 3.13. The molecule has 0 atom stereocenters. The van der Waals surface area contributed by atoms with Gasteiger partial charge in [0.15, 0.2) is 5.16 Å². The molecule has 82 valence electrons. The van der Waals surface area contributed by atoms with Crippen LogP contribution in [0.25, 0.3) is 0 Å². The molecule has 0 saturated carbocycles. The van der Waals surface area contributed by atoms with Crippen molar-refractivity contribution in [2.75, 3.05) is 0 Å². The molecule has 0 spiro atoms. The molecule has 0 saturated heterocycles. The van der Waals surface area contributed by atoms with Crippen molar-refractivity contribution in [3.05, 3.63) is 36.2 Å². The number of aromatic carboxylic acids is 1. The lowest BCUT2D eigenvalue weighted by molar-refractivity contribution is 0.0693. The van der Waals surface area contributed by atoms with Crippen LogP contribution in [-0.4, -0.2) is 25.8 Å². The molecule has 2 aromatic rings. The van der Waals surface area contributed by atoms with Gasteiger partial charge < -0.3 is 9.67 Å². The van der Waals surface area contributed by atoms with Gasteiger partial charge in [-0.3, -0.25) is 0 Å². The van der Waals surface area contributed by atoms with Crippen molar-refractivity contribution in [2.24, 2.45) is 7.05 Å². The third-order valence-electron chi connectivity index (χ3n) is 1.99. The number of carboxylic acid groups (broad SMARTS) is 1. The summed E-state index contributed by atoms with van der Waals surface area (Å²) in [5, 5.41) is 17.3. The number of carboxylic acids is 1. The van der Waals surface area contributed by atoms with Crippen LogP contribution in [0.15, 0.2) is 40.6 Å². The number of hydrogen-bond acceptors (Lipinski definition) is 4. The van der Waals surface area contributed by atoms with Gasteiger partial charge in [-0.1, -0.05) is 12.1 Å². The Kier molecular flexibility index (Phi) is 2.91. The summed E-state index contributed by atoms with van der Waals surface area (Å²) in [6.07, 6.45) is 1.58. The van der Waals surface area contributed by atoms with E-state index in [0.717, 1.165) is 0 Å². The van der Waals surface area contributed by atoms with E-state index in [9.17, 15) is 4.79 Å². The largest absolute Gasteiger partial charge is 0.478 e. The van der Waals surface area contributed by atoms with E-state index in [0.29, 0.717) is 10.1 Å². The van der Waals surface area contributed by atoms with E-state index in [1.165, 1.54) is 11.8 Å². The molecule has 2 rings (SSSR count). The SMILES string of the molecule is Cn1cnnc1Sc1ccccc1C(=O)O. The van der Waals surface area contributed by atoms with E-state index in [2.05, 4.69) is 10.2 Å². The molecule has 0 unspecified atom stereocenters. The average Bonchev–Trinajstić information content (AvgIpc) is 2.65. The maximum absolute atomic E-state index is 11.0. The summed E-state index contributed by atoms with van der Waals surface area (Å²) in [4.78, 5) is 11.6. The highest BCUT2D eigenvalue weighted by Crippen LogP contribution is 2.28. The lowest BCUT2D eigenvalue weighted by atomic mass is 10.2. The minimum atomic E-state index is -0.940. The molecule has 1 N–H and O–H groups in total. The molecule has 0 bridgehead atoms. The van der Waals surface area contributed by atoms with Crippen molar-refractivity contribution >= 4 is 17.7 Å². The van der Waals surface area contributed by atoms with Crippen LogP contribution < -0.4 is 0 Å². The number of hydrogen-bond donors (Lipinski definition) is 1. The van der Waals surface area contributed by atoms with E-state index in [4.69, 9.17) is 5.11 Å². The van der Waals surface area contributed by atoms with Gasteiger partial charge in [-0.05, 0) is 23.9 Å². The van der Waals surface area contributed by atoms with Gasteiger partial charge in [0.25, 0.3) is 0 Å². The van der Waals surface area contributed by atoms with E-state index >= 15 is 0 Å². The summed E-state index contributed by atoms with van der Waals surface area (Å²) in [6, 6.07) is 6.82. The molecule has 0 fully saturated rings. The molecule has 16 heavy (non-hydrogen) atoms. The molecule has 0 amide bonds. The summed E-state index contributed by atoms with van der Waals surface area (Å²) >= 11 is 1.28. The zero-order valence-corrected chi connectivity index (χ0v) is 9.31. The van der Waals surface area contributed by atoms with Crippen LogP contribution in [0.3, 0.4) is 0 Å². The third kappa shape index (κ3) is 2.06. The highest BCUT2D eigenvalue weighted by Gasteiger charge is 2.12. The lowest BCUT2D eigenvalue weighted by Crippen LogP contribution is -1.99. The van der Waals surface area contributed by atoms with Crippen LogP contribution in [0.1, 0.15) is 10.4 Å². The van der Waals surface area contributed by atoms with E-state index in [1.54, 1.807) is 35.2 Å². The van der Waals surface area contributed by atoms with Gasteiger partial charge in [0, 0.05) is 11.9 Å². The van der Waals surface area contributed by atoms with E-state index < -0.39 is 5.97 Å². The van der Waals surface area contributed by atoms with Crippen LogP contribution in [0.5, 0.6) is 0 Å². The van der Waals surface area contributed by atoms with E-state index in [-0.39, 0.29) is 5.56 Å². The topological polar surface area (TPSA) is 68.0 Å². The molecule has 0 aliphatic heterocycles. The summed E-state index contributed by atoms with van der Waals surface area (Å²) in [5.41, 5.74) is 0.274. The van der Waals surface area contributed by atoms with Crippen molar-refractivity contribution in [3.8, 4) is 0 Å². The van der Waals surface area contributed by atoms with Crippen molar-refractivity contribution in [3.63, 3.8) is 0 Å². The first kappa shape index (κ1) is 10.7. The van der Waals surface area contributed by atoms with Gasteiger partial charge in [0.1, 0.15) is 6.33 Å². The fraction of sp³-hybridized carbons (Fsp3) is 0.100. The number of rotatable bonds is 3. The standard InChI is InChI=1S/C10H9N3O2S/c1-13-6-11-12-10(13)16-8-5-3-2-4-7(8)9(14)15/h2-6H,1H3,(H,14,15). The number of nitrogens with zero attached hydrogens (tertiary/aromatic N) is 3. The monoisotopic (exact) mass is 235 g/mol. The van der Waals surface area contributed by atoms with Gasteiger partial charge >= 0.3 is 5.97 Å². The Morgan fingerprint density at radius 3 is 2.81 bits per heavy atom. The van der Waals surface area contributed by atoms with Gasteiger partial charge in [0.2, 0.25) is 0 Å². The highest BCUT2D eigenvalue weighted by molar-refractivity contribution is 7.99. The second-order valence-corrected chi connectivity index (χ2v) is 4.14. The van der Waals surface area contributed by atoms with Gasteiger partial charge in [0.05, 0.1) is 5.56 Å². The van der Waals surface area contributed by atoms with Crippen LogP contribution in [0.4, 0.5) is 0 Å². The number of carbonyl (C=O) groups is 1. The van der Waals surface area contributed by atoms with Crippen LogP contribution >= 0.6 is 11.8 Å². The summed E-state index contributed by atoms with van der Waals surface area (Å²) in [5.74, 6) is -0.940. The summed E-state index contributed by atoms with van der Waals surface area (Å²) < 4.78 is 1.74. The van der Waals surface area contributed by atoms with Gasteiger partial charge in [-0.15, -0.1) is 10.2 Å². The molecule has 0 aliphatic rings. The zero-order valence-electron chi connectivity index (χ0n) is 8.49. The van der Waals surface area contributed by atoms with Crippen molar-refractivity contribution in [2.45, 2.75) is 10.1 Å². The van der Waals surface area contributed by atoms with Gasteiger partial charge in [-0.2, -0.15) is 0 Å². The Morgan fingerprint density at radius 2 is 2.19 bits per heavy atom. The molecule has 0 aliphatic carbocycles. The molecule has 0 radical (unpaired) electrons. The average molecular weight is 235 g/mol. The Labute approximate surface area is 96.1 Å². The first-order valence-corrected chi connectivity index (χ1v) is 5.34. The predicted octanol–water partition coefficient (Wildman–Crippen LogP) is 1.66. The van der Waals surface area contributed by atoms with Crippen molar-refractivity contribution < 1.29 is 9.90 Å². The van der Waals surface area contributed by atoms with Crippen molar-refractivity contribution in [1.82, 2.24) is 14.8 Å². The Bertz CT molecular complexity index is 524. The fourth-order valence-electron chi connectivity index (χ4n) is 1.20. The van der Waals surface area contributed by atoms with Crippen molar-refractivity contribution in [1.29, 1.82) is 0 Å². The first-order chi connectivity index (χ1) is 7.68. The maximum Gasteiger partial charge on any atom is 0.336 e. The Morgan fingerprint density at radius 1 is 1.44 bits per heavy atom. The normalized spacial score (nSPS) is 10.3. The minimum Gasteiger partial charge on any atom is -0.478 e. The summed E-state index contributed by atoms with van der Waals surface area (Å²) in [6.45, 7) is 0. The third-order valence-corrected chi connectivity index (χ3v) is 3.12. The maximum atomic E-state index is 11.0. The molecular weight excluding hydrogens is 226 g/mol. The number of benzene rings is 1. The first-order valence-electron chi connectivity index (χ1n) is 4.52. The lowest BCUT2D eigenvalue weighted by Gasteiger charge is -2.03. The summed E-state index contributed by atoms with van der Waals surface area (Å²) in [7, 11) is 1.81. The smallest absolute Gasteiger partial charge is 0.336 e. The molecular formula is C10H9N3O2S. The predicted molar refractivity (Wildman–Crippen MR) is 58.5 cm³/mol. The molecule has 1 heterocycles. The van der Waals surface area contributed by atoms with Gasteiger partial charge in [-0.25, -0.2) is 4.79 Å². The van der Waals surface area contributed by atoms with Crippen LogP contribution in [-0.2, 0) is 7.05 Å². The molecule has 5 nitrogen and oxygen atoms in total. The van der Waals surface area contributed by atoms with E-state index in [1.807, 2.05) is 7.05 Å². The van der Waals surface area contributed by atoms with Crippen LogP contribution in [0, 0.1) is 0 Å². The number of aryl methyl sites for hydroxylation is 1. The second kappa shape index (κ2) is 4.36. The molecule has 6 heteroatoms.